The minimum absolute atomic E-state index is 0.276. The highest BCUT2D eigenvalue weighted by Gasteiger charge is 1.93. The van der Waals surface area contributed by atoms with Crippen LogP contribution in [0.4, 0.5) is 0 Å². The van der Waals surface area contributed by atoms with Crippen LogP contribution in [0.5, 0.6) is 5.75 Å². The molecule has 0 heterocycles. The van der Waals surface area contributed by atoms with Crippen molar-refractivity contribution in [3.05, 3.63) is 36.0 Å². The molecule has 1 aromatic rings. The van der Waals surface area contributed by atoms with Crippen LogP contribution in [0.1, 0.15) is 12.5 Å². The molecule has 12 heavy (non-hydrogen) atoms. The molecule has 1 rings (SSSR count). The summed E-state index contributed by atoms with van der Waals surface area (Å²) >= 11 is 0. The van der Waals surface area contributed by atoms with Crippen molar-refractivity contribution in [3.63, 3.8) is 0 Å². The van der Waals surface area contributed by atoms with Gasteiger partial charge in [0.05, 0.1) is 0 Å². The van der Waals surface area contributed by atoms with E-state index in [2.05, 4.69) is 11.7 Å². The Hall–Kier alpha value is -1.57. The number of nitrogens with zero attached hydrogens (tertiary/aromatic N) is 1. The van der Waals surface area contributed by atoms with Gasteiger partial charge in [-0.15, -0.1) is 0 Å². The molecule has 0 radical (unpaired) electrons. The maximum atomic E-state index is 9.01. The molecule has 0 aliphatic heterocycles. The average molecular weight is 161 g/mol. The Morgan fingerprint density at radius 1 is 1.42 bits per heavy atom. The van der Waals surface area contributed by atoms with Crippen LogP contribution < -0.4 is 0 Å². The number of hydrogen-bond donors (Lipinski definition) is 1. The molecular formula is C10H11NO. The van der Waals surface area contributed by atoms with Crippen molar-refractivity contribution < 1.29 is 5.11 Å². The molecular weight excluding hydrogens is 150 g/mol. The number of allylic oxidation sites excluding steroid dienone is 1. The van der Waals surface area contributed by atoms with Crippen LogP contribution in [-0.2, 0) is 0 Å². The normalized spacial score (nSPS) is 11.2. The monoisotopic (exact) mass is 161 g/mol. The van der Waals surface area contributed by atoms with E-state index in [-0.39, 0.29) is 5.75 Å². The molecule has 0 unspecified atom stereocenters. The number of rotatable bonds is 2. The Morgan fingerprint density at radius 2 is 2.00 bits per heavy atom. The fourth-order valence-electron chi connectivity index (χ4n) is 0.936. The van der Waals surface area contributed by atoms with Gasteiger partial charge in [-0.05, 0) is 36.9 Å². The van der Waals surface area contributed by atoms with Crippen molar-refractivity contribution in [3.8, 4) is 5.75 Å². The predicted octanol–water partition coefficient (Wildman–Crippen LogP) is 2.45. The van der Waals surface area contributed by atoms with Crippen LogP contribution in [0.15, 0.2) is 35.5 Å². The SMILES string of the molecule is C=N/C=C(\C)c1ccc(O)cc1. The largest absolute Gasteiger partial charge is 0.508 e. The molecule has 0 saturated carbocycles. The van der Waals surface area contributed by atoms with Gasteiger partial charge in [0.15, 0.2) is 0 Å². The van der Waals surface area contributed by atoms with Crippen molar-refractivity contribution in [1.29, 1.82) is 0 Å². The van der Waals surface area contributed by atoms with Crippen LogP contribution in [0.25, 0.3) is 5.57 Å². The van der Waals surface area contributed by atoms with E-state index in [9.17, 15) is 0 Å². The first-order chi connectivity index (χ1) is 5.74. The summed E-state index contributed by atoms with van der Waals surface area (Å²) in [4.78, 5) is 3.66. The predicted molar refractivity (Wildman–Crippen MR) is 51.3 cm³/mol. The highest BCUT2D eigenvalue weighted by Crippen LogP contribution is 2.16. The second-order valence-corrected chi connectivity index (χ2v) is 2.54. The summed E-state index contributed by atoms with van der Waals surface area (Å²) in [5, 5.41) is 9.01. The number of aromatic hydroxyl groups is 1. The second-order valence-electron chi connectivity index (χ2n) is 2.54. The van der Waals surface area contributed by atoms with E-state index in [4.69, 9.17) is 5.11 Å². The molecule has 2 heteroatoms. The minimum Gasteiger partial charge on any atom is -0.508 e. The van der Waals surface area contributed by atoms with Crippen molar-refractivity contribution in [1.82, 2.24) is 0 Å². The Kier molecular flexibility index (Phi) is 2.64. The van der Waals surface area contributed by atoms with Gasteiger partial charge in [0.25, 0.3) is 0 Å². The molecule has 62 valence electrons. The molecule has 0 atom stereocenters. The summed E-state index contributed by atoms with van der Waals surface area (Å²) in [5.41, 5.74) is 2.07. The van der Waals surface area contributed by atoms with Gasteiger partial charge in [-0.3, -0.25) is 4.99 Å². The van der Waals surface area contributed by atoms with E-state index in [1.54, 1.807) is 18.3 Å². The van der Waals surface area contributed by atoms with E-state index < -0.39 is 0 Å². The fourth-order valence-corrected chi connectivity index (χ4v) is 0.936. The van der Waals surface area contributed by atoms with Crippen molar-refractivity contribution in [2.24, 2.45) is 4.99 Å². The summed E-state index contributed by atoms with van der Waals surface area (Å²) in [6.07, 6.45) is 1.69. The fraction of sp³-hybridized carbons (Fsp3) is 0.100. The van der Waals surface area contributed by atoms with Gasteiger partial charge >= 0.3 is 0 Å². The quantitative estimate of drug-likeness (QED) is 0.664. The second kappa shape index (κ2) is 3.72. The third-order valence-electron chi connectivity index (χ3n) is 1.61. The highest BCUT2D eigenvalue weighted by atomic mass is 16.3. The van der Waals surface area contributed by atoms with Gasteiger partial charge < -0.3 is 5.11 Å². The zero-order valence-corrected chi connectivity index (χ0v) is 6.99. The number of benzene rings is 1. The number of phenols is 1. The van der Waals surface area contributed by atoms with Gasteiger partial charge in [0.2, 0.25) is 0 Å². The van der Waals surface area contributed by atoms with Gasteiger partial charge in [0.1, 0.15) is 5.75 Å². The molecule has 0 amide bonds. The lowest BCUT2D eigenvalue weighted by atomic mass is 10.1. The first-order valence-electron chi connectivity index (χ1n) is 3.66. The van der Waals surface area contributed by atoms with Crippen molar-refractivity contribution in [2.45, 2.75) is 6.92 Å². The summed E-state index contributed by atoms with van der Waals surface area (Å²) in [5.74, 6) is 0.276. The lowest BCUT2D eigenvalue weighted by Gasteiger charge is -1.99. The maximum Gasteiger partial charge on any atom is 0.115 e. The van der Waals surface area contributed by atoms with Crippen molar-refractivity contribution >= 4 is 12.3 Å². The molecule has 0 bridgehead atoms. The molecule has 1 aromatic carbocycles. The highest BCUT2D eigenvalue weighted by molar-refractivity contribution is 5.64. The Balaban J connectivity index is 2.97. The van der Waals surface area contributed by atoms with Gasteiger partial charge in [-0.2, -0.15) is 0 Å². The van der Waals surface area contributed by atoms with Gasteiger partial charge in [-0.1, -0.05) is 12.1 Å². The first kappa shape index (κ1) is 8.53. The van der Waals surface area contributed by atoms with Crippen molar-refractivity contribution in [2.75, 3.05) is 0 Å². The average Bonchev–Trinajstić information content (AvgIpc) is 2.06. The molecule has 0 saturated heterocycles. The smallest absolute Gasteiger partial charge is 0.115 e. The van der Waals surface area contributed by atoms with Crippen LogP contribution in [0.3, 0.4) is 0 Å². The van der Waals surface area contributed by atoms with E-state index in [1.807, 2.05) is 19.1 Å². The molecule has 0 aliphatic carbocycles. The summed E-state index contributed by atoms with van der Waals surface area (Å²) in [6, 6.07) is 6.98. The van der Waals surface area contributed by atoms with Crippen LogP contribution in [-0.4, -0.2) is 11.8 Å². The molecule has 2 nitrogen and oxygen atoms in total. The summed E-state index contributed by atoms with van der Waals surface area (Å²) < 4.78 is 0. The third kappa shape index (κ3) is 1.95. The molecule has 0 fully saturated rings. The van der Waals surface area contributed by atoms with Crippen LogP contribution >= 0.6 is 0 Å². The lowest BCUT2D eigenvalue weighted by Crippen LogP contribution is -1.76. The third-order valence-corrected chi connectivity index (χ3v) is 1.61. The lowest BCUT2D eigenvalue weighted by molar-refractivity contribution is 0.475. The van der Waals surface area contributed by atoms with E-state index in [0.29, 0.717) is 0 Å². The topological polar surface area (TPSA) is 32.6 Å². The summed E-state index contributed by atoms with van der Waals surface area (Å²) in [7, 11) is 0. The first-order valence-corrected chi connectivity index (χ1v) is 3.66. The zero-order valence-electron chi connectivity index (χ0n) is 6.99. The standard InChI is InChI=1S/C10H11NO/c1-8(7-11-2)9-3-5-10(12)6-4-9/h3-7,12H,2H2,1H3/b8-7+. The zero-order chi connectivity index (χ0) is 8.97. The molecule has 0 aliphatic rings. The van der Waals surface area contributed by atoms with E-state index >= 15 is 0 Å². The van der Waals surface area contributed by atoms with Crippen LogP contribution in [0.2, 0.25) is 0 Å². The Bertz CT molecular complexity index is 298. The van der Waals surface area contributed by atoms with Crippen LogP contribution in [0, 0.1) is 0 Å². The summed E-state index contributed by atoms with van der Waals surface area (Å²) in [6.45, 7) is 5.31. The molecule has 0 spiro atoms. The van der Waals surface area contributed by atoms with Gasteiger partial charge in [-0.25, -0.2) is 0 Å². The number of phenolic OH excluding ortho intramolecular Hbond substituents is 1. The van der Waals surface area contributed by atoms with E-state index in [0.717, 1.165) is 11.1 Å². The number of hydrogen-bond acceptors (Lipinski definition) is 2. The van der Waals surface area contributed by atoms with E-state index in [1.165, 1.54) is 0 Å². The minimum atomic E-state index is 0.276. The Labute approximate surface area is 71.9 Å². The molecule has 0 aromatic heterocycles. The molecule has 1 N–H and O–H groups in total. The van der Waals surface area contributed by atoms with Gasteiger partial charge in [0, 0.05) is 6.20 Å². The Morgan fingerprint density at radius 3 is 2.50 bits per heavy atom. The number of aliphatic imine (C=N–C) groups is 1. The maximum absolute atomic E-state index is 9.01.